The summed E-state index contributed by atoms with van der Waals surface area (Å²) < 4.78 is 0. The van der Waals surface area contributed by atoms with Crippen molar-refractivity contribution in [2.24, 2.45) is 0 Å². The minimum atomic E-state index is 0.0792. The first-order chi connectivity index (χ1) is 6.68. The Balaban J connectivity index is 0.000000791. The smallest absolute Gasteiger partial charge is 0.152 e. The summed E-state index contributed by atoms with van der Waals surface area (Å²) >= 11 is 0. The van der Waals surface area contributed by atoms with Crippen molar-refractivity contribution < 1.29 is 4.79 Å². The highest BCUT2D eigenvalue weighted by atomic mass is 16.1. The Morgan fingerprint density at radius 3 is 2.07 bits per heavy atom. The lowest BCUT2D eigenvalue weighted by Crippen LogP contribution is -1.80. The minimum Gasteiger partial charge on any atom is -0.295 e. The molecule has 0 unspecified atom stereocenters. The van der Waals surface area contributed by atoms with Crippen LogP contribution in [0, 0.1) is 6.92 Å². The quantitative estimate of drug-likeness (QED) is 0.651. The number of aryl methyl sites for hydroxylation is 1. The Labute approximate surface area is 86.5 Å². The average molecular weight is 190 g/mol. The fraction of sp³-hybridized carbons (Fsp3) is 0.308. The third-order valence-corrected chi connectivity index (χ3v) is 1.59. The van der Waals surface area contributed by atoms with Gasteiger partial charge in [-0.3, -0.25) is 4.79 Å². The van der Waals surface area contributed by atoms with Crippen molar-refractivity contribution in [2.75, 3.05) is 0 Å². The lowest BCUT2D eigenvalue weighted by Gasteiger charge is -1.93. The Bertz CT molecular complexity index is 294. The summed E-state index contributed by atoms with van der Waals surface area (Å²) in [6, 6.07) is 8.04. The first-order valence-electron chi connectivity index (χ1n) is 4.94. The van der Waals surface area contributed by atoms with Crippen molar-refractivity contribution in [3.05, 3.63) is 41.5 Å². The fourth-order valence-electron chi connectivity index (χ4n) is 0.891. The van der Waals surface area contributed by atoms with Crippen molar-refractivity contribution in [3.8, 4) is 0 Å². The van der Waals surface area contributed by atoms with Crippen LogP contribution in [0.1, 0.15) is 31.9 Å². The van der Waals surface area contributed by atoms with Crippen molar-refractivity contribution in [1.29, 1.82) is 0 Å². The van der Waals surface area contributed by atoms with E-state index in [0.717, 1.165) is 5.56 Å². The van der Waals surface area contributed by atoms with E-state index in [-0.39, 0.29) is 5.78 Å². The van der Waals surface area contributed by atoms with Crippen LogP contribution in [0.3, 0.4) is 0 Å². The Kier molecular flexibility index (Phi) is 6.38. The molecule has 0 aliphatic rings. The van der Waals surface area contributed by atoms with Gasteiger partial charge in [-0.2, -0.15) is 0 Å². The number of ketones is 1. The first-order valence-corrected chi connectivity index (χ1v) is 4.94. The SMILES string of the molecule is CC.CC(=O)/C=C/c1ccc(C)cc1. The molecule has 1 aromatic rings. The van der Waals surface area contributed by atoms with Gasteiger partial charge in [-0.05, 0) is 25.5 Å². The molecule has 0 saturated carbocycles. The molecular weight excluding hydrogens is 172 g/mol. The number of hydrogen-bond donors (Lipinski definition) is 0. The lowest BCUT2D eigenvalue weighted by atomic mass is 10.1. The Hall–Kier alpha value is -1.37. The van der Waals surface area contributed by atoms with Gasteiger partial charge in [0.1, 0.15) is 0 Å². The summed E-state index contributed by atoms with van der Waals surface area (Å²) in [5.74, 6) is 0.0792. The number of benzene rings is 1. The second kappa shape index (κ2) is 7.07. The number of carbonyl (C=O) groups is 1. The highest BCUT2D eigenvalue weighted by Crippen LogP contribution is 2.04. The van der Waals surface area contributed by atoms with Gasteiger partial charge in [0.05, 0.1) is 0 Å². The molecular formula is C13H18O. The molecule has 14 heavy (non-hydrogen) atoms. The third kappa shape index (κ3) is 5.31. The van der Waals surface area contributed by atoms with E-state index < -0.39 is 0 Å². The Morgan fingerprint density at radius 2 is 1.64 bits per heavy atom. The predicted octanol–water partition coefficient (Wildman–Crippen LogP) is 3.62. The van der Waals surface area contributed by atoms with Gasteiger partial charge in [0, 0.05) is 0 Å². The molecule has 0 bridgehead atoms. The van der Waals surface area contributed by atoms with E-state index in [9.17, 15) is 4.79 Å². The standard InChI is InChI=1S/C11H12O.C2H6/c1-9-3-6-11(7-4-9)8-5-10(2)12;1-2/h3-8H,1-2H3;1-2H3/b8-5+;. The number of rotatable bonds is 2. The highest BCUT2D eigenvalue weighted by molar-refractivity contribution is 5.91. The summed E-state index contributed by atoms with van der Waals surface area (Å²) in [6.45, 7) is 7.59. The summed E-state index contributed by atoms with van der Waals surface area (Å²) in [6.07, 6.45) is 3.40. The van der Waals surface area contributed by atoms with E-state index in [1.165, 1.54) is 5.56 Å². The monoisotopic (exact) mass is 190 g/mol. The van der Waals surface area contributed by atoms with Gasteiger partial charge in [0.2, 0.25) is 0 Å². The van der Waals surface area contributed by atoms with Crippen LogP contribution in [-0.4, -0.2) is 5.78 Å². The molecule has 0 radical (unpaired) electrons. The maximum absolute atomic E-state index is 10.6. The normalized spacial score (nSPS) is 9.43. The van der Waals surface area contributed by atoms with Gasteiger partial charge in [-0.1, -0.05) is 49.8 Å². The summed E-state index contributed by atoms with van der Waals surface area (Å²) in [5.41, 5.74) is 2.30. The zero-order valence-corrected chi connectivity index (χ0v) is 9.37. The van der Waals surface area contributed by atoms with Crippen LogP contribution in [-0.2, 0) is 4.79 Å². The van der Waals surface area contributed by atoms with Crippen molar-refractivity contribution in [1.82, 2.24) is 0 Å². The molecule has 1 heteroatoms. The number of carbonyl (C=O) groups excluding carboxylic acids is 1. The van der Waals surface area contributed by atoms with E-state index in [1.54, 1.807) is 13.0 Å². The number of hydrogen-bond acceptors (Lipinski definition) is 1. The van der Waals surface area contributed by atoms with Crippen molar-refractivity contribution >= 4 is 11.9 Å². The molecule has 0 aliphatic heterocycles. The first kappa shape index (κ1) is 12.6. The van der Waals surface area contributed by atoms with Gasteiger partial charge in [0.15, 0.2) is 5.78 Å². The Morgan fingerprint density at radius 1 is 1.14 bits per heavy atom. The van der Waals surface area contributed by atoms with Gasteiger partial charge < -0.3 is 0 Å². The molecule has 0 amide bonds. The molecule has 0 saturated heterocycles. The predicted molar refractivity (Wildman–Crippen MR) is 62.2 cm³/mol. The fourth-order valence-corrected chi connectivity index (χ4v) is 0.891. The number of allylic oxidation sites excluding steroid dienone is 1. The van der Waals surface area contributed by atoms with E-state index in [2.05, 4.69) is 0 Å². The molecule has 0 atom stereocenters. The van der Waals surface area contributed by atoms with Gasteiger partial charge >= 0.3 is 0 Å². The van der Waals surface area contributed by atoms with Gasteiger partial charge in [-0.15, -0.1) is 0 Å². The van der Waals surface area contributed by atoms with E-state index in [1.807, 2.05) is 51.1 Å². The van der Waals surface area contributed by atoms with Crippen LogP contribution in [0.4, 0.5) is 0 Å². The summed E-state index contributed by atoms with van der Waals surface area (Å²) in [5, 5.41) is 0. The molecule has 76 valence electrons. The summed E-state index contributed by atoms with van der Waals surface area (Å²) in [7, 11) is 0. The largest absolute Gasteiger partial charge is 0.295 e. The molecule has 0 aliphatic carbocycles. The van der Waals surface area contributed by atoms with Crippen LogP contribution >= 0.6 is 0 Å². The topological polar surface area (TPSA) is 17.1 Å². The summed E-state index contributed by atoms with van der Waals surface area (Å²) in [4.78, 5) is 10.6. The van der Waals surface area contributed by atoms with E-state index >= 15 is 0 Å². The molecule has 1 rings (SSSR count). The van der Waals surface area contributed by atoms with Crippen LogP contribution in [0.2, 0.25) is 0 Å². The molecule has 1 nitrogen and oxygen atoms in total. The molecule has 0 N–H and O–H groups in total. The van der Waals surface area contributed by atoms with Crippen molar-refractivity contribution in [2.45, 2.75) is 27.7 Å². The highest BCUT2D eigenvalue weighted by Gasteiger charge is 1.86. The molecule has 0 spiro atoms. The van der Waals surface area contributed by atoms with E-state index in [4.69, 9.17) is 0 Å². The van der Waals surface area contributed by atoms with Gasteiger partial charge in [-0.25, -0.2) is 0 Å². The molecule has 0 fully saturated rings. The second-order valence-electron chi connectivity index (χ2n) is 2.85. The average Bonchev–Trinajstić information content (AvgIpc) is 2.20. The molecule has 1 aromatic carbocycles. The molecule has 0 heterocycles. The zero-order valence-electron chi connectivity index (χ0n) is 9.37. The lowest BCUT2D eigenvalue weighted by molar-refractivity contribution is -0.112. The third-order valence-electron chi connectivity index (χ3n) is 1.59. The zero-order chi connectivity index (χ0) is 11.0. The van der Waals surface area contributed by atoms with Crippen LogP contribution in [0.15, 0.2) is 30.3 Å². The van der Waals surface area contributed by atoms with Crippen LogP contribution in [0.5, 0.6) is 0 Å². The minimum absolute atomic E-state index is 0.0792. The maximum atomic E-state index is 10.6. The van der Waals surface area contributed by atoms with Gasteiger partial charge in [0.25, 0.3) is 0 Å². The van der Waals surface area contributed by atoms with Crippen LogP contribution < -0.4 is 0 Å². The second-order valence-corrected chi connectivity index (χ2v) is 2.85. The van der Waals surface area contributed by atoms with Crippen LogP contribution in [0.25, 0.3) is 6.08 Å². The van der Waals surface area contributed by atoms with Crippen molar-refractivity contribution in [3.63, 3.8) is 0 Å². The maximum Gasteiger partial charge on any atom is 0.152 e. The van der Waals surface area contributed by atoms with E-state index in [0.29, 0.717) is 0 Å². The molecule has 0 aromatic heterocycles.